The van der Waals surface area contributed by atoms with Crippen molar-refractivity contribution in [2.45, 2.75) is 39.0 Å². The first-order valence-corrected chi connectivity index (χ1v) is 9.03. The summed E-state index contributed by atoms with van der Waals surface area (Å²) in [5.41, 5.74) is 0.963. The van der Waals surface area contributed by atoms with E-state index in [1.165, 1.54) is 7.11 Å². The van der Waals surface area contributed by atoms with Crippen molar-refractivity contribution >= 4 is 17.7 Å². The summed E-state index contributed by atoms with van der Waals surface area (Å²) >= 11 is 0. The normalized spacial score (nSPS) is 22.2. The van der Waals surface area contributed by atoms with Gasteiger partial charge < -0.3 is 15.0 Å². The number of nitrogens with one attached hydrogen (secondary N) is 1. The molecule has 1 unspecified atom stereocenters. The van der Waals surface area contributed by atoms with Crippen molar-refractivity contribution in [3.8, 4) is 0 Å². The quantitative estimate of drug-likeness (QED) is 0.802. The second-order valence-corrected chi connectivity index (χ2v) is 7.48. The number of esters is 1. The topological polar surface area (TPSA) is 71.5 Å². The van der Waals surface area contributed by atoms with Crippen LogP contribution in [0.4, 0.5) is 5.82 Å². The maximum absolute atomic E-state index is 12.6. The molecule has 1 aromatic rings. The number of pyridine rings is 1. The van der Waals surface area contributed by atoms with Gasteiger partial charge in [-0.25, -0.2) is 4.98 Å². The third-order valence-electron chi connectivity index (χ3n) is 5.28. The lowest BCUT2D eigenvalue weighted by atomic mass is 9.94. The molecule has 0 aromatic carbocycles. The summed E-state index contributed by atoms with van der Waals surface area (Å²) in [7, 11) is 1.44. The standard InChI is InChI=1S/C19H27N3O3/c1-14-5-3-7-16(20-14)21-18(24)15-6-4-10-22(12-15)13-19(8-9-19)11-17(23)25-2/h3,5,7,15H,4,6,8-13H2,1-2H3,(H,20,21,24). The number of piperidine rings is 1. The van der Waals surface area contributed by atoms with Crippen LogP contribution in [0.5, 0.6) is 0 Å². The molecule has 6 nitrogen and oxygen atoms in total. The van der Waals surface area contributed by atoms with E-state index in [0.717, 1.165) is 51.0 Å². The Hall–Kier alpha value is -1.95. The summed E-state index contributed by atoms with van der Waals surface area (Å²) in [6, 6.07) is 5.63. The maximum atomic E-state index is 12.6. The lowest BCUT2D eigenvalue weighted by Crippen LogP contribution is -2.43. The number of aryl methyl sites for hydroxylation is 1. The Morgan fingerprint density at radius 1 is 1.40 bits per heavy atom. The van der Waals surface area contributed by atoms with Gasteiger partial charge in [0, 0.05) is 18.8 Å². The molecule has 0 bridgehead atoms. The third-order valence-corrected chi connectivity index (χ3v) is 5.28. The van der Waals surface area contributed by atoms with Crippen molar-refractivity contribution in [1.82, 2.24) is 9.88 Å². The molecule has 2 heterocycles. The number of likely N-dealkylation sites (tertiary alicyclic amines) is 1. The number of hydrogen-bond donors (Lipinski definition) is 1. The monoisotopic (exact) mass is 345 g/mol. The van der Waals surface area contributed by atoms with Crippen molar-refractivity contribution in [3.05, 3.63) is 23.9 Å². The van der Waals surface area contributed by atoms with Crippen LogP contribution in [-0.4, -0.2) is 48.5 Å². The van der Waals surface area contributed by atoms with Gasteiger partial charge in [0.2, 0.25) is 5.91 Å². The number of ether oxygens (including phenoxy) is 1. The second kappa shape index (κ2) is 7.52. The Bertz CT molecular complexity index is 643. The van der Waals surface area contributed by atoms with Crippen LogP contribution < -0.4 is 5.32 Å². The lowest BCUT2D eigenvalue weighted by Gasteiger charge is -2.34. The van der Waals surface area contributed by atoms with Gasteiger partial charge in [0.1, 0.15) is 5.82 Å². The van der Waals surface area contributed by atoms with Gasteiger partial charge in [0.05, 0.1) is 19.4 Å². The average Bonchev–Trinajstić information content (AvgIpc) is 3.34. The first-order chi connectivity index (χ1) is 12.0. The van der Waals surface area contributed by atoms with Crippen LogP contribution in [0.3, 0.4) is 0 Å². The van der Waals surface area contributed by atoms with Crippen molar-refractivity contribution in [1.29, 1.82) is 0 Å². The van der Waals surface area contributed by atoms with Crippen molar-refractivity contribution in [2.24, 2.45) is 11.3 Å². The van der Waals surface area contributed by atoms with Crippen molar-refractivity contribution < 1.29 is 14.3 Å². The number of methoxy groups -OCH3 is 1. The summed E-state index contributed by atoms with van der Waals surface area (Å²) in [6.07, 6.45) is 4.54. The molecule has 2 aliphatic rings. The molecule has 1 atom stereocenters. The summed E-state index contributed by atoms with van der Waals surface area (Å²) in [5.74, 6) is 0.506. The number of nitrogens with zero attached hydrogens (tertiary/aromatic N) is 2. The molecule has 136 valence electrons. The minimum Gasteiger partial charge on any atom is -0.469 e. The van der Waals surface area contributed by atoms with Gasteiger partial charge in [-0.3, -0.25) is 9.59 Å². The van der Waals surface area contributed by atoms with Gasteiger partial charge in [-0.15, -0.1) is 0 Å². The fourth-order valence-electron chi connectivity index (χ4n) is 3.67. The summed E-state index contributed by atoms with van der Waals surface area (Å²) in [6.45, 7) is 4.54. The number of carbonyl (C=O) groups is 2. The Morgan fingerprint density at radius 2 is 2.20 bits per heavy atom. The zero-order valence-corrected chi connectivity index (χ0v) is 15.1. The molecular weight excluding hydrogens is 318 g/mol. The van der Waals surface area contributed by atoms with Crippen LogP contribution >= 0.6 is 0 Å². The van der Waals surface area contributed by atoms with E-state index in [1.54, 1.807) is 0 Å². The third kappa shape index (κ3) is 4.78. The minimum atomic E-state index is -0.130. The van der Waals surface area contributed by atoms with Crippen LogP contribution in [-0.2, 0) is 14.3 Å². The molecule has 1 amide bonds. The van der Waals surface area contributed by atoms with E-state index in [-0.39, 0.29) is 23.2 Å². The van der Waals surface area contributed by atoms with Crippen LogP contribution in [0, 0.1) is 18.3 Å². The number of aromatic nitrogens is 1. The highest BCUT2D eigenvalue weighted by atomic mass is 16.5. The highest BCUT2D eigenvalue weighted by Crippen LogP contribution is 2.50. The number of rotatable bonds is 6. The van der Waals surface area contributed by atoms with Gasteiger partial charge in [0.25, 0.3) is 0 Å². The molecule has 3 rings (SSSR count). The highest BCUT2D eigenvalue weighted by Gasteiger charge is 2.46. The van der Waals surface area contributed by atoms with E-state index in [4.69, 9.17) is 4.74 Å². The zero-order chi connectivity index (χ0) is 17.9. The van der Waals surface area contributed by atoms with E-state index in [2.05, 4.69) is 15.2 Å². The number of anilines is 1. The smallest absolute Gasteiger partial charge is 0.306 e. The maximum Gasteiger partial charge on any atom is 0.306 e. The fourth-order valence-corrected chi connectivity index (χ4v) is 3.67. The summed E-state index contributed by atoms with van der Waals surface area (Å²) < 4.78 is 4.82. The second-order valence-electron chi connectivity index (χ2n) is 7.48. The molecule has 1 saturated carbocycles. The first-order valence-electron chi connectivity index (χ1n) is 9.03. The number of hydrogen-bond acceptors (Lipinski definition) is 5. The molecule has 25 heavy (non-hydrogen) atoms. The van der Waals surface area contributed by atoms with E-state index < -0.39 is 0 Å². The van der Waals surface area contributed by atoms with E-state index >= 15 is 0 Å². The predicted octanol–water partition coefficient (Wildman–Crippen LogP) is 2.38. The molecule has 6 heteroatoms. The molecule has 0 spiro atoms. The Morgan fingerprint density at radius 3 is 2.88 bits per heavy atom. The number of carbonyl (C=O) groups excluding carboxylic acids is 2. The van der Waals surface area contributed by atoms with Crippen LogP contribution in [0.2, 0.25) is 0 Å². The van der Waals surface area contributed by atoms with Gasteiger partial charge in [-0.1, -0.05) is 6.07 Å². The Balaban J connectivity index is 1.54. The first kappa shape index (κ1) is 17.9. The van der Waals surface area contributed by atoms with Crippen molar-refractivity contribution in [3.63, 3.8) is 0 Å². The summed E-state index contributed by atoms with van der Waals surface area (Å²) in [4.78, 5) is 30.9. The fraction of sp³-hybridized carbons (Fsp3) is 0.632. The lowest BCUT2D eigenvalue weighted by molar-refractivity contribution is -0.142. The molecule has 1 aromatic heterocycles. The van der Waals surface area contributed by atoms with E-state index in [0.29, 0.717) is 12.2 Å². The molecule has 1 N–H and O–H groups in total. The van der Waals surface area contributed by atoms with Crippen LogP contribution in [0.1, 0.15) is 37.8 Å². The Labute approximate surface area is 148 Å². The zero-order valence-electron chi connectivity index (χ0n) is 15.1. The highest BCUT2D eigenvalue weighted by molar-refractivity contribution is 5.91. The molecule has 0 radical (unpaired) electrons. The van der Waals surface area contributed by atoms with Gasteiger partial charge in [-0.05, 0) is 56.7 Å². The number of amides is 1. The molecule has 1 aliphatic carbocycles. The summed E-state index contributed by atoms with van der Waals surface area (Å²) in [5, 5.41) is 2.94. The molecule has 1 aliphatic heterocycles. The van der Waals surface area contributed by atoms with E-state index in [1.807, 2.05) is 25.1 Å². The van der Waals surface area contributed by atoms with Gasteiger partial charge in [-0.2, -0.15) is 0 Å². The SMILES string of the molecule is COC(=O)CC1(CN2CCCC(C(=O)Nc3cccc(C)n3)C2)CC1. The molecule has 2 fully saturated rings. The van der Waals surface area contributed by atoms with Crippen molar-refractivity contribution in [2.75, 3.05) is 32.1 Å². The predicted molar refractivity (Wildman–Crippen MR) is 95.1 cm³/mol. The molecular formula is C19H27N3O3. The van der Waals surface area contributed by atoms with Crippen LogP contribution in [0.25, 0.3) is 0 Å². The van der Waals surface area contributed by atoms with Crippen LogP contribution in [0.15, 0.2) is 18.2 Å². The average molecular weight is 345 g/mol. The Kier molecular flexibility index (Phi) is 5.37. The van der Waals surface area contributed by atoms with Gasteiger partial charge >= 0.3 is 5.97 Å². The largest absolute Gasteiger partial charge is 0.469 e. The van der Waals surface area contributed by atoms with Gasteiger partial charge in [0.15, 0.2) is 0 Å². The molecule has 1 saturated heterocycles. The van der Waals surface area contributed by atoms with E-state index in [9.17, 15) is 9.59 Å². The minimum absolute atomic E-state index is 0.0232.